The molecule has 2 atom stereocenters. The molecule has 1 rings (SSSR count). The molecule has 3 N–H and O–H groups in total. The molecule has 0 aliphatic carbocycles. The molecule has 0 aliphatic rings. The maximum Gasteiger partial charge on any atom is 0.222 e. The molecule has 1 unspecified atom stereocenters. The zero-order valence-corrected chi connectivity index (χ0v) is 12.0. The van der Waals surface area contributed by atoms with Crippen molar-refractivity contribution in [1.82, 2.24) is 10.6 Å². The highest BCUT2D eigenvalue weighted by Gasteiger charge is 2.19. The summed E-state index contributed by atoms with van der Waals surface area (Å²) in [6, 6.07) is 3.24. The molecular weight excluding hydrogens is 264 g/mol. The molecule has 106 valence electrons. The van der Waals surface area contributed by atoms with Crippen LogP contribution < -0.4 is 10.6 Å². The lowest BCUT2D eigenvalue weighted by atomic mass is 10.1. The first-order chi connectivity index (χ1) is 9.06. The van der Waals surface area contributed by atoms with Crippen LogP contribution in [0.3, 0.4) is 0 Å². The standard InChI is InChI=1S/C13H20N2O3S/c1-3-10(8-16)15-13(18)7-11(14-9(2)17)12-5-4-6-19-12/h4-6,10-11,16H,3,7-8H2,1-2H3,(H,14,17)(H,15,18)/t10-,11?/m1/s1. The monoisotopic (exact) mass is 284 g/mol. The average molecular weight is 284 g/mol. The molecule has 0 aromatic carbocycles. The predicted molar refractivity (Wildman–Crippen MR) is 74.8 cm³/mol. The van der Waals surface area contributed by atoms with Crippen LogP contribution in [0.25, 0.3) is 0 Å². The van der Waals surface area contributed by atoms with Crippen molar-refractivity contribution in [3.63, 3.8) is 0 Å². The van der Waals surface area contributed by atoms with Gasteiger partial charge in [-0.1, -0.05) is 13.0 Å². The molecule has 5 nitrogen and oxygen atoms in total. The summed E-state index contributed by atoms with van der Waals surface area (Å²) in [6.07, 6.45) is 0.850. The molecule has 0 bridgehead atoms. The predicted octanol–water partition coefficient (Wildman–Crippen LogP) is 1.20. The summed E-state index contributed by atoms with van der Waals surface area (Å²) in [5.41, 5.74) is 0. The summed E-state index contributed by atoms with van der Waals surface area (Å²) >= 11 is 1.50. The van der Waals surface area contributed by atoms with Crippen molar-refractivity contribution >= 4 is 23.2 Å². The third-order valence-electron chi connectivity index (χ3n) is 2.73. The molecule has 0 saturated heterocycles. The first-order valence-corrected chi connectivity index (χ1v) is 7.15. The Hall–Kier alpha value is -1.40. The van der Waals surface area contributed by atoms with E-state index in [0.29, 0.717) is 6.42 Å². The molecule has 0 spiro atoms. The number of rotatable bonds is 7. The fraction of sp³-hybridized carbons (Fsp3) is 0.538. The number of carbonyl (C=O) groups is 2. The largest absolute Gasteiger partial charge is 0.394 e. The highest BCUT2D eigenvalue weighted by atomic mass is 32.1. The SMILES string of the molecule is CC[C@H](CO)NC(=O)CC(NC(C)=O)c1cccs1. The number of hydrogen-bond donors (Lipinski definition) is 3. The normalized spacial score (nSPS) is 13.6. The smallest absolute Gasteiger partial charge is 0.222 e. The highest BCUT2D eigenvalue weighted by molar-refractivity contribution is 7.10. The first-order valence-electron chi connectivity index (χ1n) is 6.27. The van der Waals surface area contributed by atoms with Crippen LogP contribution in [0.2, 0.25) is 0 Å². The quantitative estimate of drug-likeness (QED) is 0.704. The Morgan fingerprint density at radius 1 is 1.42 bits per heavy atom. The van der Waals surface area contributed by atoms with E-state index in [2.05, 4.69) is 10.6 Å². The Labute approximate surface area is 117 Å². The third kappa shape index (κ3) is 5.40. The van der Waals surface area contributed by atoms with Crippen molar-refractivity contribution in [2.75, 3.05) is 6.61 Å². The first kappa shape index (κ1) is 15.7. The number of aliphatic hydroxyl groups excluding tert-OH is 1. The molecule has 6 heteroatoms. The topological polar surface area (TPSA) is 78.4 Å². The summed E-state index contributed by atoms with van der Waals surface area (Å²) in [6.45, 7) is 3.25. The van der Waals surface area contributed by atoms with Gasteiger partial charge < -0.3 is 15.7 Å². The van der Waals surface area contributed by atoms with Crippen LogP contribution in [-0.4, -0.2) is 29.6 Å². The van der Waals surface area contributed by atoms with E-state index in [1.165, 1.54) is 18.3 Å². The lowest BCUT2D eigenvalue weighted by molar-refractivity contribution is -0.123. The van der Waals surface area contributed by atoms with Gasteiger partial charge in [-0.2, -0.15) is 0 Å². The van der Waals surface area contributed by atoms with Crippen molar-refractivity contribution in [2.24, 2.45) is 0 Å². The molecular formula is C13H20N2O3S. The molecule has 0 radical (unpaired) electrons. The van der Waals surface area contributed by atoms with E-state index in [-0.39, 0.29) is 36.9 Å². The van der Waals surface area contributed by atoms with E-state index in [1.54, 1.807) is 0 Å². The number of amides is 2. The lowest BCUT2D eigenvalue weighted by Crippen LogP contribution is -2.39. The van der Waals surface area contributed by atoms with Gasteiger partial charge in [-0.25, -0.2) is 0 Å². The van der Waals surface area contributed by atoms with Crippen molar-refractivity contribution in [3.05, 3.63) is 22.4 Å². The van der Waals surface area contributed by atoms with Crippen LogP contribution in [0.5, 0.6) is 0 Å². The van der Waals surface area contributed by atoms with Crippen LogP contribution in [0.15, 0.2) is 17.5 Å². The van der Waals surface area contributed by atoms with Gasteiger partial charge in [0.1, 0.15) is 0 Å². The van der Waals surface area contributed by atoms with Gasteiger partial charge in [-0.15, -0.1) is 11.3 Å². The van der Waals surface area contributed by atoms with Crippen molar-refractivity contribution < 1.29 is 14.7 Å². The van der Waals surface area contributed by atoms with E-state index >= 15 is 0 Å². The molecule has 2 amide bonds. The van der Waals surface area contributed by atoms with E-state index < -0.39 is 0 Å². The summed E-state index contributed by atoms with van der Waals surface area (Å²) in [5.74, 6) is -0.339. The number of hydrogen-bond acceptors (Lipinski definition) is 4. The van der Waals surface area contributed by atoms with Crippen molar-refractivity contribution in [3.8, 4) is 0 Å². The highest BCUT2D eigenvalue weighted by Crippen LogP contribution is 2.22. The summed E-state index contributed by atoms with van der Waals surface area (Å²) < 4.78 is 0. The summed E-state index contributed by atoms with van der Waals surface area (Å²) in [5, 5.41) is 16.5. The minimum absolute atomic E-state index is 0.0773. The van der Waals surface area contributed by atoms with E-state index in [0.717, 1.165) is 4.88 Å². The Balaban J connectivity index is 2.62. The van der Waals surface area contributed by atoms with Crippen molar-refractivity contribution in [2.45, 2.75) is 38.8 Å². The second-order valence-electron chi connectivity index (χ2n) is 4.33. The molecule has 1 aromatic heterocycles. The Morgan fingerprint density at radius 3 is 2.63 bits per heavy atom. The molecule has 0 fully saturated rings. The Kier molecular flexibility index (Phi) is 6.52. The zero-order valence-electron chi connectivity index (χ0n) is 11.2. The molecule has 1 heterocycles. The number of aliphatic hydroxyl groups is 1. The fourth-order valence-corrected chi connectivity index (χ4v) is 2.48. The molecule has 1 aromatic rings. The fourth-order valence-electron chi connectivity index (χ4n) is 1.71. The number of thiophene rings is 1. The summed E-state index contributed by atoms with van der Waals surface area (Å²) in [7, 11) is 0. The van der Waals surface area contributed by atoms with Crippen LogP contribution in [0, 0.1) is 0 Å². The molecule has 0 aliphatic heterocycles. The van der Waals surface area contributed by atoms with Gasteiger partial charge in [-0.3, -0.25) is 9.59 Å². The van der Waals surface area contributed by atoms with Gasteiger partial charge in [0, 0.05) is 11.8 Å². The average Bonchev–Trinajstić information content (AvgIpc) is 2.88. The lowest BCUT2D eigenvalue weighted by Gasteiger charge is -2.19. The van der Waals surface area contributed by atoms with E-state index in [1.807, 2.05) is 24.4 Å². The van der Waals surface area contributed by atoms with E-state index in [4.69, 9.17) is 5.11 Å². The minimum Gasteiger partial charge on any atom is -0.394 e. The maximum atomic E-state index is 11.9. The maximum absolute atomic E-state index is 11.9. The number of carbonyl (C=O) groups excluding carboxylic acids is 2. The van der Waals surface area contributed by atoms with Gasteiger partial charge in [0.05, 0.1) is 25.1 Å². The Bertz CT molecular complexity index is 402. The second kappa shape index (κ2) is 7.91. The van der Waals surface area contributed by atoms with Crippen LogP contribution in [-0.2, 0) is 9.59 Å². The summed E-state index contributed by atoms with van der Waals surface area (Å²) in [4.78, 5) is 24.0. The van der Waals surface area contributed by atoms with Crippen LogP contribution >= 0.6 is 11.3 Å². The van der Waals surface area contributed by atoms with Crippen LogP contribution in [0.4, 0.5) is 0 Å². The zero-order chi connectivity index (χ0) is 14.3. The van der Waals surface area contributed by atoms with Gasteiger partial charge in [0.2, 0.25) is 11.8 Å². The molecule has 19 heavy (non-hydrogen) atoms. The van der Waals surface area contributed by atoms with Crippen molar-refractivity contribution in [1.29, 1.82) is 0 Å². The van der Waals surface area contributed by atoms with E-state index in [9.17, 15) is 9.59 Å². The van der Waals surface area contributed by atoms with Gasteiger partial charge in [-0.05, 0) is 17.9 Å². The second-order valence-corrected chi connectivity index (χ2v) is 5.31. The minimum atomic E-state index is -0.311. The van der Waals surface area contributed by atoms with Gasteiger partial charge in [0.15, 0.2) is 0 Å². The van der Waals surface area contributed by atoms with Crippen LogP contribution in [0.1, 0.15) is 37.6 Å². The Morgan fingerprint density at radius 2 is 2.16 bits per heavy atom. The number of nitrogens with one attached hydrogen (secondary N) is 2. The van der Waals surface area contributed by atoms with Gasteiger partial charge in [0.25, 0.3) is 0 Å². The third-order valence-corrected chi connectivity index (χ3v) is 3.72. The molecule has 0 saturated carbocycles. The van der Waals surface area contributed by atoms with Gasteiger partial charge >= 0.3 is 0 Å².